The molecular weight excluding hydrogens is 266 g/mol. The standard InChI is InChI=1S/C13H24ClN3O2/c1-3-11-13(14)12(17(4-2)16-11)10-15-6-5-8-19-9-7-18/h15,18H,3-10H2,1-2H3. The van der Waals surface area contributed by atoms with E-state index in [0.717, 1.165) is 48.9 Å². The van der Waals surface area contributed by atoms with Crippen LogP contribution in [0.5, 0.6) is 0 Å². The van der Waals surface area contributed by atoms with Crippen molar-refractivity contribution in [2.75, 3.05) is 26.4 Å². The van der Waals surface area contributed by atoms with Crippen LogP contribution in [0.1, 0.15) is 31.7 Å². The fourth-order valence-corrected chi connectivity index (χ4v) is 2.19. The Balaban J connectivity index is 2.34. The number of hydrogen-bond donors (Lipinski definition) is 2. The molecule has 0 amide bonds. The van der Waals surface area contributed by atoms with Gasteiger partial charge in [0.25, 0.3) is 0 Å². The molecule has 0 bridgehead atoms. The first-order chi connectivity index (χ1) is 9.24. The van der Waals surface area contributed by atoms with Crippen molar-refractivity contribution in [2.24, 2.45) is 0 Å². The van der Waals surface area contributed by atoms with E-state index in [4.69, 9.17) is 21.4 Å². The Morgan fingerprint density at radius 2 is 2.16 bits per heavy atom. The maximum atomic E-state index is 8.57. The normalized spacial score (nSPS) is 11.2. The van der Waals surface area contributed by atoms with Gasteiger partial charge in [-0.3, -0.25) is 4.68 Å². The van der Waals surface area contributed by atoms with Crippen molar-refractivity contribution in [1.29, 1.82) is 0 Å². The fraction of sp³-hybridized carbons (Fsp3) is 0.769. The average molecular weight is 290 g/mol. The van der Waals surface area contributed by atoms with Crippen molar-refractivity contribution in [1.82, 2.24) is 15.1 Å². The molecule has 1 aromatic heterocycles. The molecule has 19 heavy (non-hydrogen) atoms. The Hall–Kier alpha value is -0.620. The number of ether oxygens (including phenoxy) is 1. The van der Waals surface area contributed by atoms with Gasteiger partial charge in [0.2, 0.25) is 0 Å². The van der Waals surface area contributed by atoms with Gasteiger partial charge in [-0.25, -0.2) is 0 Å². The van der Waals surface area contributed by atoms with Gasteiger partial charge in [0, 0.05) is 19.7 Å². The number of aryl methyl sites for hydroxylation is 2. The van der Waals surface area contributed by atoms with E-state index in [-0.39, 0.29) is 6.61 Å². The Bertz CT molecular complexity index is 369. The Kier molecular flexibility index (Phi) is 8.05. The lowest BCUT2D eigenvalue weighted by Crippen LogP contribution is -2.19. The summed E-state index contributed by atoms with van der Waals surface area (Å²) in [5.41, 5.74) is 2.02. The zero-order chi connectivity index (χ0) is 14.1. The second-order valence-electron chi connectivity index (χ2n) is 4.24. The molecule has 0 aliphatic carbocycles. The number of halogens is 1. The molecular formula is C13H24ClN3O2. The van der Waals surface area contributed by atoms with Gasteiger partial charge < -0.3 is 15.2 Å². The highest BCUT2D eigenvalue weighted by molar-refractivity contribution is 6.31. The SMILES string of the molecule is CCc1nn(CC)c(CNCCCOCCO)c1Cl. The minimum atomic E-state index is 0.0819. The van der Waals surface area contributed by atoms with Crippen LogP contribution in [0.2, 0.25) is 5.02 Å². The minimum absolute atomic E-state index is 0.0819. The number of aliphatic hydroxyl groups excluding tert-OH is 1. The molecule has 0 atom stereocenters. The molecule has 0 saturated carbocycles. The highest BCUT2D eigenvalue weighted by atomic mass is 35.5. The van der Waals surface area contributed by atoms with Crippen molar-refractivity contribution in [3.8, 4) is 0 Å². The van der Waals surface area contributed by atoms with Gasteiger partial charge in [0.15, 0.2) is 0 Å². The summed E-state index contributed by atoms with van der Waals surface area (Å²) in [6, 6.07) is 0. The molecule has 1 rings (SSSR count). The van der Waals surface area contributed by atoms with Gasteiger partial charge in [-0.1, -0.05) is 18.5 Å². The lowest BCUT2D eigenvalue weighted by molar-refractivity contribution is 0.0907. The van der Waals surface area contributed by atoms with E-state index in [1.807, 2.05) is 4.68 Å². The van der Waals surface area contributed by atoms with Crippen molar-refractivity contribution in [3.63, 3.8) is 0 Å². The first-order valence-corrected chi connectivity index (χ1v) is 7.25. The predicted octanol–water partition coefficient (Wildman–Crippen LogP) is 1.61. The van der Waals surface area contributed by atoms with Gasteiger partial charge in [-0.15, -0.1) is 0 Å². The van der Waals surface area contributed by atoms with E-state index in [1.54, 1.807) is 0 Å². The summed E-state index contributed by atoms with van der Waals surface area (Å²) in [4.78, 5) is 0. The fourth-order valence-electron chi connectivity index (χ4n) is 1.86. The molecule has 0 unspecified atom stereocenters. The summed E-state index contributed by atoms with van der Waals surface area (Å²) in [6.45, 7) is 7.69. The average Bonchev–Trinajstić information content (AvgIpc) is 2.74. The first kappa shape index (κ1) is 16.4. The van der Waals surface area contributed by atoms with E-state index in [9.17, 15) is 0 Å². The number of aliphatic hydroxyl groups is 1. The third kappa shape index (κ3) is 5.10. The van der Waals surface area contributed by atoms with E-state index in [2.05, 4.69) is 24.3 Å². The second kappa shape index (κ2) is 9.31. The van der Waals surface area contributed by atoms with Crippen LogP contribution in [-0.4, -0.2) is 41.3 Å². The summed E-state index contributed by atoms with van der Waals surface area (Å²) < 4.78 is 7.15. The number of nitrogens with one attached hydrogen (secondary N) is 1. The van der Waals surface area contributed by atoms with Gasteiger partial charge >= 0.3 is 0 Å². The van der Waals surface area contributed by atoms with Crippen molar-refractivity contribution < 1.29 is 9.84 Å². The summed E-state index contributed by atoms with van der Waals surface area (Å²) in [7, 11) is 0. The Labute approximate surface area is 119 Å². The van der Waals surface area contributed by atoms with Crippen LogP contribution in [0.25, 0.3) is 0 Å². The van der Waals surface area contributed by atoms with Gasteiger partial charge in [0.05, 0.1) is 29.6 Å². The van der Waals surface area contributed by atoms with E-state index in [0.29, 0.717) is 13.2 Å². The molecule has 0 fully saturated rings. The molecule has 6 heteroatoms. The second-order valence-corrected chi connectivity index (χ2v) is 4.62. The van der Waals surface area contributed by atoms with Crippen LogP contribution in [0.15, 0.2) is 0 Å². The number of rotatable bonds is 10. The van der Waals surface area contributed by atoms with E-state index >= 15 is 0 Å². The molecule has 0 aromatic carbocycles. The van der Waals surface area contributed by atoms with Crippen LogP contribution in [0.4, 0.5) is 0 Å². The highest BCUT2D eigenvalue weighted by Crippen LogP contribution is 2.21. The van der Waals surface area contributed by atoms with Crippen LogP contribution >= 0.6 is 11.6 Å². The van der Waals surface area contributed by atoms with Gasteiger partial charge in [-0.2, -0.15) is 5.10 Å². The molecule has 0 aliphatic heterocycles. The maximum absolute atomic E-state index is 8.57. The van der Waals surface area contributed by atoms with Crippen molar-refractivity contribution >= 4 is 11.6 Å². The molecule has 1 heterocycles. The molecule has 5 nitrogen and oxygen atoms in total. The van der Waals surface area contributed by atoms with E-state index in [1.165, 1.54) is 0 Å². The van der Waals surface area contributed by atoms with Crippen molar-refractivity contribution in [3.05, 3.63) is 16.4 Å². The largest absolute Gasteiger partial charge is 0.394 e. The minimum Gasteiger partial charge on any atom is -0.394 e. The lowest BCUT2D eigenvalue weighted by Gasteiger charge is -2.07. The zero-order valence-electron chi connectivity index (χ0n) is 11.8. The summed E-state index contributed by atoms with van der Waals surface area (Å²) in [6.07, 6.45) is 1.77. The zero-order valence-corrected chi connectivity index (χ0v) is 12.5. The molecule has 2 N–H and O–H groups in total. The molecule has 0 spiro atoms. The van der Waals surface area contributed by atoms with Crippen LogP contribution < -0.4 is 5.32 Å². The van der Waals surface area contributed by atoms with Crippen LogP contribution in [-0.2, 0) is 24.2 Å². The first-order valence-electron chi connectivity index (χ1n) is 6.87. The van der Waals surface area contributed by atoms with E-state index < -0.39 is 0 Å². The summed E-state index contributed by atoms with van der Waals surface area (Å²) in [5, 5.41) is 17.2. The number of nitrogens with zero attached hydrogens (tertiary/aromatic N) is 2. The molecule has 110 valence electrons. The summed E-state index contributed by atoms with van der Waals surface area (Å²) in [5.74, 6) is 0. The maximum Gasteiger partial charge on any atom is 0.0863 e. The number of aromatic nitrogens is 2. The third-order valence-corrected chi connectivity index (χ3v) is 3.30. The Morgan fingerprint density at radius 3 is 2.79 bits per heavy atom. The summed E-state index contributed by atoms with van der Waals surface area (Å²) >= 11 is 6.31. The van der Waals surface area contributed by atoms with Gasteiger partial charge in [0.1, 0.15) is 0 Å². The third-order valence-electron chi connectivity index (χ3n) is 2.86. The number of hydrogen-bond acceptors (Lipinski definition) is 4. The smallest absolute Gasteiger partial charge is 0.0863 e. The molecule has 1 aromatic rings. The topological polar surface area (TPSA) is 59.3 Å². The van der Waals surface area contributed by atoms with Gasteiger partial charge in [-0.05, 0) is 26.3 Å². The quantitative estimate of drug-likeness (QED) is 0.643. The predicted molar refractivity (Wildman–Crippen MR) is 76.5 cm³/mol. The molecule has 0 radical (unpaired) electrons. The molecule has 0 saturated heterocycles. The molecule has 0 aliphatic rings. The lowest BCUT2D eigenvalue weighted by atomic mass is 10.3. The Morgan fingerprint density at radius 1 is 1.37 bits per heavy atom. The van der Waals surface area contributed by atoms with Crippen LogP contribution in [0, 0.1) is 0 Å². The highest BCUT2D eigenvalue weighted by Gasteiger charge is 2.13. The van der Waals surface area contributed by atoms with Crippen LogP contribution in [0.3, 0.4) is 0 Å². The van der Waals surface area contributed by atoms with Crippen molar-refractivity contribution in [2.45, 2.75) is 39.8 Å². The monoisotopic (exact) mass is 289 g/mol.